The summed E-state index contributed by atoms with van der Waals surface area (Å²) in [5.74, 6) is -2.62. The van der Waals surface area contributed by atoms with Gasteiger partial charge < -0.3 is 35.2 Å². The highest BCUT2D eigenvalue weighted by Crippen LogP contribution is 2.40. The Morgan fingerprint density at radius 1 is 1.26 bits per heavy atom. The monoisotopic (exact) mass is 473 g/mol. The molecule has 0 saturated carbocycles. The van der Waals surface area contributed by atoms with Crippen LogP contribution in [0.25, 0.3) is 16.5 Å². The molecular weight excluding hydrogens is 446 g/mol. The lowest BCUT2D eigenvalue weighted by molar-refractivity contribution is -0.173. The maximum absolute atomic E-state index is 12.4. The van der Waals surface area contributed by atoms with Gasteiger partial charge in [-0.05, 0) is 50.1 Å². The molecule has 3 heterocycles. The van der Waals surface area contributed by atoms with Gasteiger partial charge in [-0.15, -0.1) is 4.73 Å². The molecule has 0 fully saturated rings. The minimum absolute atomic E-state index is 0.0763. The lowest BCUT2D eigenvalue weighted by Gasteiger charge is -2.21. The number of anilines is 1. The quantitative estimate of drug-likeness (QED) is 0.331. The first-order chi connectivity index (χ1) is 16.4. The predicted molar refractivity (Wildman–Crippen MR) is 121 cm³/mol. The molecule has 0 aliphatic carbocycles. The van der Waals surface area contributed by atoms with Gasteiger partial charge in [-0.3, -0.25) is 4.79 Å². The van der Waals surface area contributed by atoms with E-state index in [4.69, 9.17) is 14.3 Å². The van der Waals surface area contributed by atoms with Crippen molar-refractivity contribution in [3.05, 3.63) is 29.8 Å². The van der Waals surface area contributed by atoms with E-state index in [1.807, 2.05) is 13.0 Å². The molecule has 1 aromatic carbocycles. The summed E-state index contributed by atoms with van der Waals surface area (Å²) in [6.45, 7) is 4.25. The van der Waals surface area contributed by atoms with Gasteiger partial charge in [0.05, 0.1) is 11.1 Å². The van der Waals surface area contributed by atoms with Crippen LogP contribution in [0.4, 0.5) is 5.69 Å². The van der Waals surface area contributed by atoms with Gasteiger partial charge in [-0.2, -0.15) is 0 Å². The smallest absolute Gasteiger partial charge is 0.364 e. The van der Waals surface area contributed by atoms with E-state index < -0.39 is 24.1 Å². The van der Waals surface area contributed by atoms with Crippen molar-refractivity contribution in [1.29, 1.82) is 0 Å². The summed E-state index contributed by atoms with van der Waals surface area (Å²) in [6.07, 6.45) is -0.756. The molecule has 0 spiro atoms. The highest BCUT2D eigenvalue weighted by atomic mass is 16.7. The third-order valence-corrected chi connectivity index (χ3v) is 5.61. The number of ether oxygens (including phenoxy) is 2. The van der Waals surface area contributed by atoms with Gasteiger partial charge in [0.15, 0.2) is 12.2 Å². The Bertz CT molecular complexity index is 1140. The zero-order valence-corrected chi connectivity index (χ0v) is 18.7. The van der Waals surface area contributed by atoms with Crippen molar-refractivity contribution in [2.24, 2.45) is 0 Å². The lowest BCUT2D eigenvalue weighted by atomic mass is 9.99. The number of fused-ring (bicyclic) bond motifs is 3. The molecule has 11 heteroatoms. The molecule has 4 rings (SSSR count). The first-order valence-electron chi connectivity index (χ1n) is 11.2. The second-order valence-corrected chi connectivity index (χ2v) is 7.96. The number of aromatic nitrogens is 1. The number of rotatable bonds is 7. The molecular formula is C23H27N3O8. The molecule has 182 valence electrons. The van der Waals surface area contributed by atoms with E-state index in [0.717, 1.165) is 10.3 Å². The molecule has 1 amide bonds. The van der Waals surface area contributed by atoms with Crippen LogP contribution in [0.15, 0.2) is 24.3 Å². The van der Waals surface area contributed by atoms with E-state index in [1.54, 1.807) is 18.2 Å². The van der Waals surface area contributed by atoms with Gasteiger partial charge in [-0.1, -0.05) is 6.08 Å². The minimum Gasteiger partial charge on any atom is -0.403 e. The molecule has 34 heavy (non-hydrogen) atoms. The van der Waals surface area contributed by atoms with E-state index in [0.29, 0.717) is 67.7 Å². The highest BCUT2D eigenvalue weighted by molar-refractivity contribution is 6.02. The van der Waals surface area contributed by atoms with Gasteiger partial charge in [0, 0.05) is 37.3 Å². The maximum atomic E-state index is 12.4. The van der Waals surface area contributed by atoms with E-state index in [9.17, 15) is 24.6 Å². The molecule has 2 aliphatic rings. The van der Waals surface area contributed by atoms with Crippen LogP contribution < -0.4 is 20.2 Å². The standard InChI is InChI=1S/C23H27N3O8/c1-2-32-11-3-4-17(27)25-14-5-6-16-15(12-14)18(13-7-9-24-10-8-13)21-26(16)34-23(31)20(29)19(28)22(30)33-21/h5-7,12,19-20,24,28-29H,2-4,8-11H2,1H3,(H,25,27). The molecule has 0 radical (unpaired) electrons. The predicted octanol–water partition coefficient (Wildman–Crippen LogP) is 0.369. The molecule has 11 nitrogen and oxygen atoms in total. The zero-order valence-electron chi connectivity index (χ0n) is 18.7. The zero-order chi connectivity index (χ0) is 24.2. The van der Waals surface area contributed by atoms with Crippen molar-refractivity contribution < 1.29 is 38.9 Å². The van der Waals surface area contributed by atoms with Crippen LogP contribution in [-0.2, 0) is 19.1 Å². The van der Waals surface area contributed by atoms with Crippen molar-refractivity contribution >= 4 is 40.0 Å². The highest BCUT2D eigenvalue weighted by Gasteiger charge is 2.39. The van der Waals surface area contributed by atoms with Crippen molar-refractivity contribution in [2.75, 3.05) is 31.6 Å². The van der Waals surface area contributed by atoms with Gasteiger partial charge in [-0.25, -0.2) is 9.59 Å². The van der Waals surface area contributed by atoms with Crippen LogP contribution in [0.1, 0.15) is 31.7 Å². The van der Waals surface area contributed by atoms with E-state index in [1.165, 1.54) is 0 Å². The molecule has 0 bridgehead atoms. The Labute approximate surface area is 195 Å². The first-order valence-corrected chi connectivity index (χ1v) is 11.2. The van der Waals surface area contributed by atoms with Crippen molar-refractivity contribution in [1.82, 2.24) is 10.0 Å². The maximum Gasteiger partial charge on any atom is 0.364 e. The number of esters is 1. The Morgan fingerprint density at radius 3 is 2.79 bits per heavy atom. The number of hydrogen-bond donors (Lipinski definition) is 4. The summed E-state index contributed by atoms with van der Waals surface area (Å²) in [4.78, 5) is 42.4. The summed E-state index contributed by atoms with van der Waals surface area (Å²) < 4.78 is 11.7. The molecule has 0 saturated heterocycles. The van der Waals surface area contributed by atoms with Crippen LogP contribution in [0.3, 0.4) is 0 Å². The average Bonchev–Trinajstić information content (AvgIpc) is 3.12. The lowest BCUT2D eigenvalue weighted by Crippen LogP contribution is -2.47. The fourth-order valence-corrected chi connectivity index (χ4v) is 3.92. The number of nitrogens with zero attached hydrogens (tertiary/aromatic N) is 1. The first kappa shape index (κ1) is 23.9. The van der Waals surface area contributed by atoms with Crippen LogP contribution in [-0.4, -0.2) is 71.3 Å². The van der Waals surface area contributed by atoms with Gasteiger partial charge >= 0.3 is 11.9 Å². The normalized spacial score (nSPS) is 20.6. The third-order valence-electron chi connectivity index (χ3n) is 5.61. The third kappa shape index (κ3) is 4.82. The van der Waals surface area contributed by atoms with Gasteiger partial charge in [0.1, 0.15) is 0 Å². The van der Waals surface area contributed by atoms with Gasteiger partial charge in [0.2, 0.25) is 11.8 Å². The Kier molecular flexibility index (Phi) is 7.27. The van der Waals surface area contributed by atoms with E-state index in [2.05, 4.69) is 10.6 Å². The molecule has 2 unspecified atom stereocenters. The Hall–Kier alpha value is -3.25. The number of carbonyl (C=O) groups excluding carboxylic acids is 3. The molecule has 2 atom stereocenters. The van der Waals surface area contributed by atoms with E-state index >= 15 is 0 Å². The summed E-state index contributed by atoms with van der Waals surface area (Å²) >= 11 is 0. The SMILES string of the molecule is CCOCCCC(=O)Nc1ccc2c(c1)c(C1=CCNCC1)c1n2OC(=O)C(O)C(O)C(=O)O1. The molecule has 4 N–H and O–H groups in total. The number of benzene rings is 1. The number of aliphatic hydroxyl groups excluding tert-OH is 2. The van der Waals surface area contributed by atoms with Crippen molar-refractivity contribution in [3.8, 4) is 5.88 Å². The molecule has 2 aliphatic heterocycles. The van der Waals surface area contributed by atoms with Crippen molar-refractivity contribution in [3.63, 3.8) is 0 Å². The second-order valence-electron chi connectivity index (χ2n) is 7.96. The number of hydrogen-bond acceptors (Lipinski definition) is 9. The fraction of sp³-hybridized carbons (Fsp3) is 0.435. The topological polar surface area (TPSA) is 148 Å². The fourth-order valence-electron chi connectivity index (χ4n) is 3.92. The van der Waals surface area contributed by atoms with Crippen LogP contribution >= 0.6 is 0 Å². The summed E-state index contributed by atoms with van der Waals surface area (Å²) in [7, 11) is 0. The molecule has 1 aromatic heterocycles. The Morgan fingerprint density at radius 2 is 2.06 bits per heavy atom. The second kappa shape index (κ2) is 10.3. The summed E-state index contributed by atoms with van der Waals surface area (Å²) in [5.41, 5.74) is 2.26. The van der Waals surface area contributed by atoms with Crippen molar-refractivity contribution in [2.45, 2.75) is 38.4 Å². The number of carbonyl (C=O) groups is 3. The van der Waals surface area contributed by atoms with Crippen LogP contribution in [0.2, 0.25) is 0 Å². The minimum atomic E-state index is -2.09. The average molecular weight is 473 g/mol. The number of nitrogens with one attached hydrogen (secondary N) is 2. The van der Waals surface area contributed by atoms with Crippen LogP contribution in [0, 0.1) is 0 Å². The summed E-state index contributed by atoms with van der Waals surface area (Å²) in [6, 6.07) is 4.96. The molecule has 2 aromatic rings. The largest absolute Gasteiger partial charge is 0.403 e. The Balaban J connectivity index is 1.75. The van der Waals surface area contributed by atoms with E-state index in [-0.39, 0.29) is 11.8 Å². The number of aliphatic hydroxyl groups is 2. The number of amides is 1. The van der Waals surface area contributed by atoms with Crippen LogP contribution in [0.5, 0.6) is 5.88 Å². The van der Waals surface area contributed by atoms with Gasteiger partial charge in [0.25, 0.3) is 0 Å². The summed E-state index contributed by atoms with van der Waals surface area (Å²) in [5, 5.41) is 26.5.